The summed E-state index contributed by atoms with van der Waals surface area (Å²) < 4.78 is 31.1. The molecule has 0 saturated heterocycles. The molecule has 3 heterocycles. The number of fused-ring (bicyclic) bond motifs is 3. The number of rotatable bonds is 4. The molecule has 0 bridgehead atoms. The Morgan fingerprint density at radius 3 is 1.95 bits per heavy atom. The van der Waals surface area contributed by atoms with E-state index in [1.165, 1.54) is 33.1 Å². The van der Waals surface area contributed by atoms with Crippen molar-refractivity contribution < 1.29 is 8.63 Å². The number of pyridine rings is 1. The second-order valence-electron chi connectivity index (χ2n) is 13.0. The van der Waals surface area contributed by atoms with Gasteiger partial charge in [0.1, 0.15) is 8.07 Å². The number of aromatic nitrogens is 2. The second kappa shape index (κ2) is 8.90. The molecular formula is C38H41N2Si+. The van der Waals surface area contributed by atoms with Crippen molar-refractivity contribution in [2.24, 2.45) is 0 Å². The zero-order chi connectivity index (χ0) is 31.3. The van der Waals surface area contributed by atoms with Gasteiger partial charge in [-0.2, -0.15) is 0 Å². The molecule has 1 aliphatic rings. The van der Waals surface area contributed by atoms with Gasteiger partial charge in [-0.1, -0.05) is 116 Å². The molecule has 0 amide bonds. The van der Waals surface area contributed by atoms with Gasteiger partial charge in [-0.3, -0.25) is 0 Å². The van der Waals surface area contributed by atoms with Crippen molar-refractivity contribution in [2.45, 2.75) is 71.6 Å². The summed E-state index contributed by atoms with van der Waals surface area (Å²) in [7, 11) is -2.55. The molecule has 2 aromatic heterocycles. The van der Waals surface area contributed by atoms with Gasteiger partial charge in [0.2, 0.25) is 11.0 Å². The highest BCUT2D eigenvalue weighted by Gasteiger charge is 2.59. The predicted octanol–water partition coefficient (Wildman–Crippen LogP) is 8.66. The molecule has 6 aromatic rings. The minimum Gasteiger partial charge on any atom is -0.149 e. The van der Waals surface area contributed by atoms with Gasteiger partial charge in [-0.25, -0.2) is 0 Å². The lowest BCUT2D eigenvalue weighted by molar-refractivity contribution is -0.586. The fourth-order valence-corrected chi connectivity index (χ4v) is 12.8. The normalized spacial score (nSPS) is 17.0. The van der Waals surface area contributed by atoms with Crippen LogP contribution in [0.25, 0.3) is 27.2 Å². The molecule has 0 atom stereocenters. The number of nitrogens with zero attached hydrogens (tertiary/aromatic N) is 2. The lowest BCUT2D eigenvalue weighted by atomic mass is 9.81. The maximum absolute atomic E-state index is 8.71. The van der Waals surface area contributed by atoms with E-state index in [-0.39, 0.29) is 12.0 Å². The van der Waals surface area contributed by atoms with Gasteiger partial charge in [-0.15, -0.1) is 4.68 Å². The summed E-state index contributed by atoms with van der Waals surface area (Å²) in [5.41, 5.74) is 9.11. The fraction of sp³-hybridized carbons (Fsp3) is 0.289. The molecule has 0 radical (unpaired) electrons. The third-order valence-electron chi connectivity index (χ3n) is 9.87. The Bertz CT molecular complexity index is 2050. The van der Waals surface area contributed by atoms with Gasteiger partial charge in [0.25, 0.3) is 0 Å². The zero-order valence-electron chi connectivity index (χ0n) is 28.2. The molecule has 0 unspecified atom stereocenters. The molecule has 0 fully saturated rings. The van der Waals surface area contributed by atoms with Crippen LogP contribution in [0.15, 0.2) is 91.0 Å². The first kappa shape index (κ1) is 22.9. The fourth-order valence-electron chi connectivity index (χ4n) is 8.35. The lowest BCUT2D eigenvalue weighted by Crippen LogP contribution is -2.63. The number of benzene rings is 4. The monoisotopic (exact) mass is 556 g/mol. The highest BCUT2D eigenvalue weighted by atomic mass is 28.3. The number of hydrogen-bond acceptors (Lipinski definition) is 0. The molecule has 2 nitrogen and oxygen atoms in total. The summed E-state index contributed by atoms with van der Waals surface area (Å²) in [6.07, 6.45) is 0. The standard InChI is InChI=1S/C38H41N2Si/c1-24(2)30-20-15-21-31-33-26(5)22-23-32-34(33)37-35(27(6)39(25(3)4)40(37)36(30)31)38(41(32,7)8,28-16-11-9-12-17-28)29-18-13-10-14-19-29/h9-25H,1-8H3/q+1/i5D3. The van der Waals surface area contributed by atoms with Crippen LogP contribution in [0.5, 0.6) is 0 Å². The second-order valence-corrected chi connectivity index (χ2v) is 17.5. The molecule has 41 heavy (non-hydrogen) atoms. The molecule has 0 saturated carbocycles. The van der Waals surface area contributed by atoms with Crippen LogP contribution in [-0.2, 0) is 5.04 Å². The van der Waals surface area contributed by atoms with Crippen LogP contribution in [0, 0.1) is 13.8 Å². The maximum Gasteiger partial charge on any atom is 0.250 e. The van der Waals surface area contributed by atoms with E-state index in [9.17, 15) is 0 Å². The van der Waals surface area contributed by atoms with Crippen LogP contribution in [0.1, 0.15) is 77.3 Å². The van der Waals surface area contributed by atoms with E-state index in [0.29, 0.717) is 5.56 Å². The van der Waals surface area contributed by atoms with Crippen molar-refractivity contribution in [1.82, 2.24) is 4.68 Å². The number of hydrogen-bond donors (Lipinski definition) is 0. The van der Waals surface area contributed by atoms with Gasteiger partial charge in [-0.05, 0) is 61.5 Å². The van der Waals surface area contributed by atoms with E-state index in [1.54, 1.807) is 0 Å². The first-order valence-corrected chi connectivity index (χ1v) is 18.0. The summed E-state index contributed by atoms with van der Waals surface area (Å²) in [5, 5.41) is 3.96. The van der Waals surface area contributed by atoms with Crippen molar-refractivity contribution in [2.75, 3.05) is 0 Å². The lowest BCUT2D eigenvalue weighted by Gasteiger charge is -2.49. The molecule has 0 spiro atoms. The van der Waals surface area contributed by atoms with E-state index in [2.05, 4.69) is 142 Å². The molecule has 0 aliphatic carbocycles. The molecule has 0 N–H and O–H groups in total. The molecular weight excluding hydrogens is 513 g/mol. The van der Waals surface area contributed by atoms with Gasteiger partial charge >= 0.3 is 0 Å². The predicted molar refractivity (Wildman–Crippen MR) is 176 cm³/mol. The molecule has 1 aliphatic heterocycles. The Hall–Kier alpha value is -3.69. The topological polar surface area (TPSA) is 9.03 Å². The van der Waals surface area contributed by atoms with Crippen LogP contribution in [0.2, 0.25) is 13.1 Å². The van der Waals surface area contributed by atoms with Crippen molar-refractivity contribution in [3.8, 4) is 0 Å². The smallest absolute Gasteiger partial charge is 0.149 e. The van der Waals surface area contributed by atoms with E-state index in [4.69, 9.17) is 4.11 Å². The van der Waals surface area contributed by atoms with E-state index in [0.717, 1.165) is 27.2 Å². The van der Waals surface area contributed by atoms with E-state index >= 15 is 0 Å². The van der Waals surface area contributed by atoms with E-state index < -0.39 is 20.0 Å². The first-order valence-electron chi connectivity index (χ1n) is 16.5. The Kier molecular flexibility index (Phi) is 4.98. The van der Waals surface area contributed by atoms with Crippen molar-refractivity contribution >= 4 is 40.5 Å². The summed E-state index contributed by atoms with van der Waals surface area (Å²) in [4.78, 5) is 0. The Morgan fingerprint density at radius 1 is 0.756 bits per heavy atom. The van der Waals surface area contributed by atoms with E-state index in [1.807, 2.05) is 6.07 Å². The van der Waals surface area contributed by atoms with Crippen molar-refractivity contribution in [3.05, 3.63) is 125 Å². The minimum absolute atomic E-state index is 0.179. The first-order chi connectivity index (χ1) is 20.8. The quantitative estimate of drug-likeness (QED) is 0.117. The van der Waals surface area contributed by atoms with Gasteiger partial charge in [0.05, 0.1) is 33.1 Å². The minimum atomic E-state index is -2.55. The molecule has 4 aromatic carbocycles. The average Bonchev–Trinajstić information content (AvgIpc) is 3.30. The SMILES string of the molecule is [2H]C([2H])([2H])c1ccc2c3c1c1cccc(C(C)C)c1[n+]1c3c(c(C)n1C(C)C)C(c1ccccc1)(c1ccccc1)[Si]2(C)C. The maximum atomic E-state index is 8.71. The number of aryl methyl sites for hydroxylation is 1. The third kappa shape index (κ3) is 3.16. The van der Waals surface area contributed by atoms with Crippen LogP contribution in [0.3, 0.4) is 0 Å². The van der Waals surface area contributed by atoms with Crippen LogP contribution in [0.4, 0.5) is 0 Å². The Balaban J connectivity index is 1.91. The van der Waals surface area contributed by atoms with Gasteiger partial charge in [0, 0.05) is 15.1 Å². The molecule has 7 rings (SSSR count). The van der Waals surface area contributed by atoms with Crippen LogP contribution in [-0.4, -0.2) is 12.8 Å². The summed E-state index contributed by atoms with van der Waals surface area (Å²) in [6, 6.07) is 32.9. The summed E-state index contributed by atoms with van der Waals surface area (Å²) >= 11 is 0. The summed E-state index contributed by atoms with van der Waals surface area (Å²) in [5.74, 6) is 0.257. The van der Waals surface area contributed by atoms with Gasteiger partial charge < -0.3 is 0 Å². The third-order valence-corrected chi connectivity index (χ3v) is 14.3. The van der Waals surface area contributed by atoms with Crippen LogP contribution >= 0.6 is 0 Å². The Morgan fingerprint density at radius 2 is 1.39 bits per heavy atom. The Labute approximate surface area is 249 Å². The highest BCUT2D eigenvalue weighted by Crippen LogP contribution is 2.53. The molecule has 3 heteroatoms. The van der Waals surface area contributed by atoms with Crippen molar-refractivity contribution in [3.63, 3.8) is 0 Å². The zero-order valence-corrected chi connectivity index (χ0v) is 26.2. The van der Waals surface area contributed by atoms with Crippen LogP contribution < -0.4 is 9.70 Å². The largest absolute Gasteiger partial charge is 0.250 e. The molecule has 206 valence electrons. The van der Waals surface area contributed by atoms with Crippen molar-refractivity contribution in [1.29, 1.82) is 0 Å². The number of para-hydroxylation sites is 1. The summed E-state index contributed by atoms with van der Waals surface area (Å²) in [6.45, 7) is 14.1. The van der Waals surface area contributed by atoms with Gasteiger partial charge in [0.15, 0.2) is 0 Å². The highest BCUT2D eigenvalue weighted by molar-refractivity contribution is 6.96. The average molecular weight is 557 g/mol.